The molecular formula is C10H13NS. The van der Waals surface area contributed by atoms with Gasteiger partial charge in [0.2, 0.25) is 0 Å². The summed E-state index contributed by atoms with van der Waals surface area (Å²) in [6.45, 7) is 0. The minimum absolute atomic E-state index is 0.233. The van der Waals surface area contributed by atoms with Gasteiger partial charge in [-0.1, -0.05) is 12.1 Å². The highest BCUT2D eigenvalue weighted by molar-refractivity contribution is 7.80. The number of rotatable bonds is 2. The van der Waals surface area contributed by atoms with Crippen LogP contribution in [-0.4, -0.2) is 0 Å². The molecule has 0 amide bonds. The van der Waals surface area contributed by atoms with Crippen LogP contribution in [0.15, 0.2) is 29.2 Å². The van der Waals surface area contributed by atoms with E-state index in [9.17, 15) is 0 Å². The molecule has 1 saturated carbocycles. The number of hydrogen-bond acceptors (Lipinski definition) is 2. The van der Waals surface area contributed by atoms with Gasteiger partial charge in [0.15, 0.2) is 0 Å². The van der Waals surface area contributed by atoms with Gasteiger partial charge in [-0.05, 0) is 36.5 Å². The van der Waals surface area contributed by atoms with Crippen LogP contribution >= 0.6 is 12.6 Å². The summed E-state index contributed by atoms with van der Waals surface area (Å²) in [6, 6.07) is 8.37. The lowest BCUT2D eigenvalue weighted by molar-refractivity contribution is 0.632. The molecule has 2 N–H and O–H groups in total. The zero-order valence-electron chi connectivity index (χ0n) is 6.90. The van der Waals surface area contributed by atoms with Crippen LogP contribution < -0.4 is 5.73 Å². The minimum atomic E-state index is 0.233. The van der Waals surface area contributed by atoms with Gasteiger partial charge in [-0.2, -0.15) is 0 Å². The molecule has 0 bridgehead atoms. The van der Waals surface area contributed by atoms with Crippen LogP contribution in [0.4, 0.5) is 0 Å². The van der Waals surface area contributed by atoms with Gasteiger partial charge in [-0.15, -0.1) is 12.6 Å². The number of nitrogens with two attached hydrogens (primary N) is 1. The average Bonchev–Trinajstić information content (AvgIpc) is 2.85. The van der Waals surface area contributed by atoms with Gasteiger partial charge in [0, 0.05) is 10.9 Å². The Kier molecular flexibility index (Phi) is 2.11. The third kappa shape index (κ3) is 1.65. The standard InChI is InChI=1S/C10H13NS/c11-10(7-4-5-7)8-2-1-3-9(12)6-8/h1-3,6-7,10,12H,4-5,11H2/t10-/m0/s1. The van der Waals surface area contributed by atoms with Crippen molar-refractivity contribution in [2.24, 2.45) is 11.7 Å². The van der Waals surface area contributed by atoms with E-state index in [2.05, 4.69) is 24.8 Å². The molecule has 0 aliphatic heterocycles. The van der Waals surface area contributed by atoms with Gasteiger partial charge in [0.05, 0.1) is 0 Å². The van der Waals surface area contributed by atoms with Crippen molar-refractivity contribution in [2.45, 2.75) is 23.8 Å². The molecule has 2 rings (SSSR count). The summed E-state index contributed by atoms with van der Waals surface area (Å²) in [6.07, 6.45) is 2.58. The first-order valence-corrected chi connectivity index (χ1v) is 4.76. The molecule has 0 heterocycles. The second-order valence-electron chi connectivity index (χ2n) is 3.46. The van der Waals surface area contributed by atoms with E-state index in [0.29, 0.717) is 0 Å². The SMILES string of the molecule is N[C@H](c1cccc(S)c1)C1CC1. The molecular weight excluding hydrogens is 166 g/mol. The van der Waals surface area contributed by atoms with Crippen LogP contribution in [0.2, 0.25) is 0 Å². The first-order valence-electron chi connectivity index (χ1n) is 4.32. The fraction of sp³-hybridized carbons (Fsp3) is 0.400. The summed E-state index contributed by atoms with van der Waals surface area (Å²) in [5.41, 5.74) is 7.26. The van der Waals surface area contributed by atoms with Gasteiger partial charge in [-0.25, -0.2) is 0 Å². The second-order valence-corrected chi connectivity index (χ2v) is 3.97. The molecule has 1 nitrogen and oxygen atoms in total. The smallest absolute Gasteiger partial charge is 0.0323 e. The Bertz CT molecular complexity index is 281. The average molecular weight is 179 g/mol. The van der Waals surface area contributed by atoms with Crippen LogP contribution in [0.25, 0.3) is 0 Å². The van der Waals surface area contributed by atoms with Crippen LogP contribution in [0.1, 0.15) is 24.4 Å². The maximum Gasteiger partial charge on any atom is 0.0323 e. The molecule has 64 valence electrons. The largest absolute Gasteiger partial charge is 0.324 e. The minimum Gasteiger partial charge on any atom is -0.324 e. The molecule has 1 aromatic rings. The zero-order valence-corrected chi connectivity index (χ0v) is 7.80. The highest BCUT2D eigenvalue weighted by Crippen LogP contribution is 2.39. The summed E-state index contributed by atoms with van der Waals surface area (Å²) in [5.74, 6) is 0.722. The quantitative estimate of drug-likeness (QED) is 0.670. The number of thiol groups is 1. The number of hydrogen-bond donors (Lipinski definition) is 2. The molecule has 0 spiro atoms. The van der Waals surface area contributed by atoms with E-state index in [-0.39, 0.29) is 6.04 Å². The Balaban J connectivity index is 2.20. The lowest BCUT2D eigenvalue weighted by Gasteiger charge is -2.10. The second kappa shape index (κ2) is 3.11. The van der Waals surface area contributed by atoms with Gasteiger partial charge < -0.3 is 5.73 Å². The zero-order chi connectivity index (χ0) is 8.55. The van der Waals surface area contributed by atoms with E-state index in [4.69, 9.17) is 5.73 Å². The van der Waals surface area contributed by atoms with Crippen LogP contribution in [-0.2, 0) is 0 Å². The molecule has 0 radical (unpaired) electrons. The molecule has 1 aromatic carbocycles. The van der Waals surface area contributed by atoms with Crippen molar-refractivity contribution in [3.63, 3.8) is 0 Å². The van der Waals surface area contributed by atoms with Crippen molar-refractivity contribution in [3.05, 3.63) is 29.8 Å². The predicted molar refractivity (Wildman–Crippen MR) is 53.3 cm³/mol. The maximum absolute atomic E-state index is 6.04. The van der Waals surface area contributed by atoms with Crippen LogP contribution in [0.3, 0.4) is 0 Å². The van der Waals surface area contributed by atoms with E-state index in [0.717, 1.165) is 10.8 Å². The van der Waals surface area contributed by atoms with E-state index in [1.807, 2.05) is 12.1 Å². The van der Waals surface area contributed by atoms with E-state index >= 15 is 0 Å². The monoisotopic (exact) mass is 179 g/mol. The third-order valence-electron chi connectivity index (χ3n) is 2.38. The summed E-state index contributed by atoms with van der Waals surface area (Å²) in [4.78, 5) is 1.00. The molecule has 1 aliphatic carbocycles. The fourth-order valence-corrected chi connectivity index (χ4v) is 1.69. The maximum atomic E-state index is 6.04. The van der Waals surface area contributed by atoms with Gasteiger partial charge >= 0.3 is 0 Å². The molecule has 0 unspecified atom stereocenters. The highest BCUT2D eigenvalue weighted by Gasteiger charge is 2.29. The summed E-state index contributed by atoms with van der Waals surface area (Å²) >= 11 is 4.28. The van der Waals surface area contributed by atoms with Crippen molar-refractivity contribution >= 4 is 12.6 Å². The summed E-state index contributed by atoms with van der Waals surface area (Å²) in [5, 5.41) is 0. The molecule has 1 aliphatic rings. The Morgan fingerprint density at radius 1 is 1.42 bits per heavy atom. The Morgan fingerprint density at radius 2 is 2.17 bits per heavy atom. The molecule has 1 atom stereocenters. The Labute approximate surface area is 78.4 Å². The van der Waals surface area contributed by atoms with Gasteiger partial charge in [0.1, 0.15) is 0 Å². The lowest BCUT2D eigenvalue weighted by atomic mass is 10.0. The van der Waals surface area contributed by atoms with E-state index < -0.39 is 0 Å². The summed E-state index contributed by atoms with van der Waals surface area (Å²) in [7, 11) is 0. The van der Waals surface area contributed by atoms with E-state index in [1.54, 1.807) is 0 Å². The summed E-state index contributed by atoms with van der Waals surface area (Å²) < 4.78 is 0. The van der Waals surface area contributed by atoms with Crippen molar-refractivity contribution in [1.82, 2.24) is 0 Å². The van der Waals surface area contributed by atoms with E-state index in [1.165, 1.54) is 18.4 Å². The Hall–Kier alpha value is -0.470. The molecule has 0 saturated heterocycles. The van der Waals surface area contributed by atoms with Crippen LogP contribution in [0.5, 0.6) is 0 Å². The van der Waals surface area contributed by atoms with Crippen molar-refractivity contribution in [1.29, 1.82) is 0 Å². The predicted octanol–water partition coefficient (Wildman–Crippen LogP) is 2.39. The van der Waals surface area contributed by atoms with Gasteiger partial charge in [0.25, 0.3) is 0 Å². The van der Waals surface area contributed by atoms with Crippen molar-refractivity contribution < 1.29 is 0 Å². The van der Waals surface area contributed by atoms with Crippen LogP contribution in [0, 0.1) is 5.92 Å². The first kappa shape index (κ1) is 8.14. The lowest BCUT2D eigenvalue weighted by Crippen LogP contribution is -2.11. The molecule has 1 fully saturated rings. The number of benzene rings is 1. The normalized spacial score (nSPS) is 19.2. The Morgan fingerprint density at radius 3 is 2.75 bits per heavy atom. The highest BCUT2D eigenvalue weighted by atomic mass is 32.1. The molecule has 2 heteroatoms. The van der Waals surface area contributed by atoms with Gasteiger partial charge in [-0.3, -0.25) is 0 Å². The first-order chi connectivity index (χ1) is 5.77. The topological polar surface area (TPSA) is 26.0 Å². The van der Waals surface area contributed by atoms with Crippen molar-refractivity contribution in [2.75, 3.05) is 0 Å². The molecule has 0 aromatic heterocycles. The molecule has 12 heavy (non-hydrogen) atoms. The fourth-order valence-electron chi connectivity index (χ4n) is 1.46. The third-order valence-corrected chi connectivity index (χ3v) is 2.66. The van der Waals surface area contributed by atoms with Crippen molar-refractivity contribution in [3.8, 4) is 0 Å².